The fourth-order valence-corrected chi connectivity index (χ4v) is 1.50. The van der Waals surface area contributed by atoms with Gasteiger partial charge in [0.15, 0.2) is 11.6 Å². The lowest BCUT2D eigenvalue weighted by atomic mass is 9.96. The van der Waals surface area contributed by atoms with Crippen molar-refractivity contribution in [3.8, 4) is 5.75 Å². The van der Waals surface area contributed by atoms with Gasteiger partial charge < -0.3 is 10.8 Å². The van der Waals surface area contributed by atoms with E-state index in [1.165, 1.54) is 0 Å². The fraction of sp³-hybridized carbons (Fsp3) is 0.400. The molecule has 0 saturated carbocycles. The molecule has 14 heavy (non-hydrogen) atoms. The second-order valence-corrected chi connectivity index (χ2v) is 4.42. The lowest BCUT2D eigenvalue weighted by Gasteiger charge is -2.17. The molecular formula is C10H13BrFNO. The van der Waals surface area contributed by atoms with Gasteiger partial charge in [-0.05, 0) is 27.9 Å². The van der Waals surface area contributed by atoms with E-state index in [0.717, 1.165) is 0 Å². The number of phenols is 1. The first-order chi connectivity index (χ1) is 6.45. The van der Waals surface area contributed by atoms with Gasteiger partial charge in [-0.2, -0.15) is 0 Å². The predicted molar refractivity (Wildman–Crippen MR) is 57.5 cm³/mol. The number of rotatable bonds is 2. The van der Waals surface area contributed by atoms with E-state index < -0.39 is 5.82 Å². The molecule has 78 valence electrons. The first-order valence-corrected chi connectivity index (χ1v) is 5.17. The Kier molecular flexibility index (Phi) is 3.50. The highest BCUT2D eigenvalue weighted by Crippen LogP contribution is 2.33. The maximum Gasteiger partial charge on any atom is 0.179 e. The number of nitrogens with two attached hydrogens (primary N) is 1. The summed E-state index contributed by atoms with van der Waals surface area (Å²) in [4.78, 5) is 0. The third-order valence-corrected chi connectivity index (χ3v) is 2.79. The molecule has 1 rings (SSSR count). The molecular weight excluding hydrogens is 249 g/mol. The van der Waals surface area contributed by atoms with E-state index >= 15 is 0 Å². The normalized spacial score (nSPS) is 13.3. The van der Waals surface area contributed by atoms with E-state index in [-0.39, 0.29) is 22.2 Å². The van der Waals surface area contributed by atoms with Crippen LogP contribution >= 0.6 is 15.9 Å². The van der Waals surface area contributed by atoms with E-state index in [9.17, 15) is 9.50 Å². The van der Waals surface area contributed by atoms with Gasteiger partial charge in [0, 0.05) is 11.6 Å². The van der Waals surface area contributed by atoms with Crippen LogP contribution in [0.3, 0.4) is 0 Å². The minimum Gasteiger partial charge on any atom is -0.505 e. The van der Waals surface area contributed by atoms with Crippen molar-refractivity contribution < 1.29 is 9.50 Å². The molecule has 0 aliphatic carbocycles. The molecule has 0 amide bonds. The van der Waals surface area contributed by atoms with Crippen molar-refractivity contribution in [2.75, 3.05) is 0 Å². The Labute approximate surface area is 91.1 Å². The Morgan fingerprint density at radius 1 is 1.43 bits per heavy atom. The van der Waals surface area contributed by atoms with E-state index in [2.05, 4.69) is 15.9 Å². The van der Waals surface area contributed by atoms with Crippen molar-refractivity contribution in [1.82, 2.24) is 0 Å². The van der Waals surface area contributed by atoms with Crippen molar-refractivity contribution >= 4 is 15.9 Å². The summed E-state index contributed by atoms with van der Waals surface area (Å²) >= 11 is 2.99. The molecule has 1 aromatic carbocycles. The number of hydrogen-bond donors (Lipinski definition) is 2. The van der Waals surface area contributed by atoms with Gasteiger partial charge in [0.1, 0.15) is 0 Å². The second-order valence-electron chi connectivity index (χ2n) is 3.57. The molecule has 0 fully saturated rings. The third-order valence-electron chi connectivity index (χ3n) is 2.18. The van der Waals surface area contributed by atoms with Gasteiger partial charge in [0.05, 0.1) is 4.47 Å². The highest BCUT2D eigenvalue weighted by atomic mass is 79.9. The SMILES string of the molecule is CC(C)[C@H](N)c1ccc(Br)c(F)c1O. The minimum absolute atomic E-state index is 0.154. The highest BCUT2D eigenvalue weighted by Gasteiger charge is 2.18. The van der Waals surface area contributed by atoms with Crippen LogP contribution in [0.4, 0.5) is 4.39 Å². The lowest BCUT2D eigenvalue weighted by molar-refractivity contribution is 0.406. The molecule has 4 heteroatoms. The minimum atomic E-state index is -0.654. The molecule has 0 radical (unpaired) electrons. The zero-order valence-electron chi connectivity index (χ0n) is 8.09. The van der Waals surface area contributed by atoms with Crippen molar-refractivity contribution in [3.63, 3.8) is 0 Å². The average Bonchev–Trinajstić information content (AvgIpc) is 2.13. The Morgan fingerprint density at radius 2 is 2.00 bits per heavy atom. The van der Waals surface area contributed by atoms with Crippen molar-refractivity contribution in [3.05, 3.63) is 28.0 Å². The molecule has 0 saturated heterocycles. The molecule has 1 aromatic rings. The van der Waals surface area contributed by atoms with Crippen LogP contribution in [0.15, 0.2) is 16.6 Å². The van der Waals surface area contributed by atoms with E-state index in [1.54, 1.807) is 12.1 Å². The van der Waals surface area contributed by atoms with Crippen molar-refractivity contribution in [2.45, 2.75) is 19.9 Å². The monoisotopic (exact) mass is 261 g/mol. The first kappa shape index (κ1) is 11.5. The zero-order valence-corrected chi connectivity index (χ0v) is 9.68. The molecule has 0 bridgehead atoms. The van der Waals surface area contributed by atoms with Gasteiger partial charge in [0.2, 0.25) is 0 Å². The van der Waals surface area contributed by atoms with Gasteiger partial charge in [0.25, 0.3) is 0 Å². The largest absolute Gasteiger partial charge is 0.505 e. The molecule has 0 aromatic heterocycles. The van der Waals surface area contributed by atoms with Crippen LogP contribution in [0.1, 0.15) is 25.5 Å². The molecule has 0 aliphatic rings. The van der Waals surface area contributed by atoms with Crippen LogP contribution in [-0.4, -0.2) is 5.11 Å². The number of aromatic hydroxyl groups is 1. The lowest BCUT2D eigenvalue weighted by Crippen LogP contribution is -2.17. The van der Waals surface area contributed by atoms with E-state index in [0.29, 0.717) is 5.56 Å². The van der Waals surface area contributed by atoms with Gasteiger partial charge >= 0.3 is 0 Å². The predicted octanol–water partition coefficient (Wildman–Crippen LogP) is 2.95. The summed E-state index contributed by atoms with van der Waals surface area (Å²) in [5, 5.41) is 9.51. The van der Waals surface area contributed by atoms with Crippen LogP contribution in [0.2, 0.25) is 0 Å². The van der Waals surface area contributed by atoms with Crippen LogP contribution < -0.4 is 5.73 Å². The number of halogens is 2. The maximum atomic E-state index is 13.3. The maximum absolute atomic E-state index is 13.3. The standard InChI is InChI=1S/C10H13BrFNO/c1-5(2)9(13)6-3-4-7(11)8(12)10(6)14/h3-5,9,14H,13H2,1-2H3/t9-/m0/s1. The second kappa shape index (κ2) is 4.28. The molecule has 0 spiro atoms. The third kappa shape index (κ3) is 2.07. The van der Waals surface area contributed by atoms with Crippen LogP contribution in [0.5, 0.6) is 5.75 Å². The summed E-state index contributed by atoms with van der Waals surface area (Å²) in [6, 6.07) is 2.83. The van der Waals surface area contributed by atoms with Gasteiger partial charge in [-0.3, -0.25) is 0 Å². The van der Waals surface area contributed by atoms with Gasteiger partial charge in [-0.1, -0.05) is 19.9 Å². The topological polar surface area (TPSA) is 46.2 Å². The average molecular weight is 262 g/mol. The molecule has 3 N–H and O–H groups in total. The fourth-order valence-electron chi connectivity index (χ4n) is 1.18. The highest BCUT2D eigenvalue weighted by molar-refractivity contribution is 9.10. The molecule has 0 unspecified atom stereocenters. The first-order valence-electron chi connectivity index (χ1n) is 4.37. The summed E-state index contributed by atoms with van der Waals surface area (Å²) < 4.78 is 13.5. The summed E-state index contributed by atoms with van der Waals surface area (Å²) in [5.41, 5.74) is 6.26. The molecule has 2 nitrogen and oxygen atoms in total. The smallest absolute Gasteiger partial charge is 0.179 e. The quantitative estimate of drug-likeness (QED) is 0.860. The van der Waals surface area contributed by atoms with Gasteiger partial charge in [-0.15, -0.1) is 0 Å². The summed E-state index contributed by atoms with van der Waals surface area (Å²) in [7, 11) is 0. The Balaban J connectivity index is 3.17. The van der Waals surface area contributed by atoms with Crippen molar-refractivity contribution in [1.29, 1.82) is 0 Å². The molecule has 0 heterocycles. The molecule has 1 atom stereocenters. The number of hydrogen-bond acceptors (Lipinski definition) is 2. The Morgan fingerprint density at radius 3 is 2.50 bits per heavy atom. The molecule has 0 aliphatic heterocycles. The van der Waals surface area contributed by atoms with Gasteiger partial charge in [-0.25, -0.2) is 4.39 Å². The summed E-state index contributed by atoms with van der Waals surface area (Å²) in [6.07, 6.45) is 0. The number of benzene rings is 1. The Bertz CT molecular complexity index is 341. The summed E-state index contributed by atoms with van der Waals surface area (Å²) in [6.45, 7) is 3.84. The van der Waals surface area contributed by atoms with Crippen LogP contribution in [0, 0.1) is 11.7 Å². The number of phenolic OH excluding ortho intramolecular Hbond substituents is 1. The van der Waals surface area contributed by atoms with Crippen molar-refractivity contribution in [2.24, 2.45) is 11.7 Å². The Hall–Kier alpha value is -0.610. The van der Waals surface area contributed by atoms with Crippen LogP contribution in [-0.2, 0) is 0 Å². The van der Waals surface area contributed by atoms with E-state index in [4.69, 9.17) is 5.73 Å². The van der Waals surface area contributed by atoms with E-state index in [1.807, 2.05) is 13.8 Å². The zero-order chi connectivity index (χ0) is 10.9. The van der Waals surface area contributed by atoms with Crippen LogP contribution in [0.25, 0.3) is 0 Å². The summed E-state index contributed by atoms with van der Waals surface area (Å²) in [5.74, 6) is -0.861.